The van der Waals surface area contributed by atoms with Crippen LogP contribution >= 0.6 is 0 Å². The Balaban J connectivity index is 2.77. The van der Waals surface area contributed by atoms with Crippen molar-refractivity contribution in [2.75, 3.05) is 14.2 Å². The lowest BCUT2D eigenvalue weighted by molar-refractivity contribution is 0.00759. The van der Waals surface area contributed by atoms with Gasteiger partial charge in [0.05, 0.1) is 12.7 Å². The summed E-state index contributed by atoms with van der Waals surface area (Å²) in [6.07, 6.45) is 1.99. The van der Waals surface area contributed by atoms with Crippen molar-refractivity contribution in [2.45, 2.75) is 58.2 Å². The van der Waals surface area contributed by atoms with Gasteiger partial charge in [-0.05, 0) is 39.7 Å². The zero-order valence-corrected chi connectivity index (χ0v) is 13.7. The molecule has 114 valence electrons. The van der Waals surface area contributed by atoms with Gasteiger partial charge >= 0.3 is 0 Å². The van der Waals surface area contributed by atoms with E-state index in [0.29, 0.717) is 12.1 Å². The van der Waals surface area contributed by atoms with Crippen LogP contribution in [-0.2, 0) is 4.74 Å². The minimum atomic E-state index is -0.106. The van der Waals surface area contributed by atoms with Crippen molar-refractivity contribution < 1.29 is 9.47 Å². The minimum absolute atomic E-state index is 0.106. The van der Waals surface area contributed by atoms with Gasteiger partial charge in [0.15, 0.2) is 0 Å². The second-order valence-corrected chi connectivity index (χ2v) is 5.94. The molecule has 0 aliphatic heterocycles. The number of hydrogen-bond donors (Lipinski definition) is 1. The summed E-state index contributed by atoms with van der Waals surface area (Å²) in [6, 6.07) is 8.89. The number of methoxy groups -OCH3 is 2. The molecule has 0 bridgehead atoms. The van der Waals surface area contributed by atoms with E-state index >= 15 is 0 Å². The Morgan fingerprint density at radius 2 is 1.85 bits per heavy atom. The number of ether oxygens (including phenoxy) is 2. The number of para-hydroxylation sites is 1. The molecule has 1 N–H and O–H groups in total. The van der Waals surface area contributed by atoms with Gasteiger partial charge in [-0.3, -0.25) is 0 Å². The molecule has 1 aromatic carbocycles. The smallest absolute Gasteiger partial charge is 0.123 e. The highest BCUT2D eigenvalue weighted by Crippen LogP contribution is 2.28. The molecule has 0 spiro atoms. The molecule has 20 heavy (non-hydrogen) atoms. The van der Waals surface area contributed by atoms with Gasteiger partial charge in [0.25, 0.3) is 0 Å². The third kappa shape index (κ3) is 4.80. The average Bonchev–Trinajstić information content (AvgIpc) is 2.44. The van der Waals surface area contributed by atoms with Gasteiger partial charge in [-0.25, -0.2) is 0 Å². The number of benzene rings is 1. The fourth-order valence-electron chi connectivity index (χ4n) is 2.60. The number of nitrogens with one attached hydrogen (secondary N) is 1. The summed E-state index contributed by atoms with van der Waals surface area (Å²) in [4.78, 5) is 0. The lowest BCUT2D eigenvalue weighted by Gasteiger charge is -2.30. The summed E-state index contributed by atoms with van der Waals surface area (Å²) >= 11 is 0. The largest absolute Gasteiger partial charge is 0.496 e. The Morgan fingerprint density at radius 1 is 1.20 bits per heavy atom. The van der Waals surface area contributed by atoms with Crippen LogP contribution < -0.4 is 10.1 Å². The number of hydrogen-bond acceptors (Lipinski definition) is 3. The molecule has 0 heterocycles. The molecule has 1 aromatic rings. The van der Waals surface area contributed by atoms with E-state index < -0.39 is 0 Å². The molecule has 3 nitrogen and oxygen atoms in total. The predicted octanol–water partition coefficient (Wildman–Crippen LogP) is 3.94. The van der Waals surface area contributed by atoms with Crippen LogP contribution in [-0.4, -0.2) is 25.9 Å². The molecule has 2 atom stereocenters. The van der Waals surface area contributed by atoms with Crippen molar-refractivity contribution >= 4 is 0 Å². The minimum Gasteiger partial charge on any atom is -0.496 e. The Morgan fingerprint density at radius 3 is 2.40 bits per heavy atom. The Bertz CT molecular complexity index is 404. The topological polar surface area (TPSA) is 30.5 Å². The van der Waals surface area contributed by atoms with Crippen molar-refractivity contribution in [1.82, 2.24) is 5.32 Å². The van der Waals surface area contributed by atoms with E-state index in [4.69, 9.17) is 9.47 Å². The first kappa shape index (κ1) is 17.0. The summed E-state index contributed by atoms with van der Waals surface area (Å²) in [5, 5.41) is 3.69. The zero-order chi connectivity index (χ0) is 15.2. The van der Waals surface area contributed by atoms with Crippen LogP contribution in [0.5, 0.6) is 5.75 Å². The van der Waals surface area contributed by atoms with Gasteiger partial charge in [0.2, 0.25) is 0 Å². The standard InChI is InChI=1S/C17H29NO2/c1-7-15(14-10-8-9-11-16(14)19-5)18-13(2)12-17(3,4)20-6/h8-11,13,15,18H,7,12H2,1-6H3. The van der Waals surface area contributed by atoms with Crippen molar-refractivity contribution in [2.24, 2.45) is 0 Å². The first-order chi connectivity index (χ1) is 9.43. The molecule has 2 unspecified atom stereocenters. The SMILES string of the molecule is CCC(NC(C)CC(C)(C)OC)c1ccccc1OC. The Kier molecular flexibility index (Phi) is 6.50. The van der Waals surface area contributed by atoms with E-state index in [0.717, 1.165) is 18.6 Å². The van der Waals surface area contributed by atoms with Crippen LogP contribution in [0.4, 0.5) is 0 Å². The van der Waals surface area contributed by atoms with Gasteiger partial charge < -0.3 is 14.8 Å². The maximum atomic E-state index is 5.51. The highest BCUT2D eigenvalue weighted by atomic mass is 16.5. The molecule has 0 aliphatic carbocycles. The van der Waals surface area contributed by atoms with E-state index in [1.54, 1.807) is 14.2 Å². The summed E-state index contributed by atoms with van der Waals surface area (Å²) < 4.78 is 11.0. The Hall–Kier alpha value is -1.06. The van der Waals surface area contributed by atoms with Crippen LogP contribution in [0.2, 0.25) is 0 Å². The van der Waals surface area contributed by atoms with Crippen LogP contribution in [0.3, 0.4) is 0 Å². The zero-order valence-electron chi connectivity index (χ0n) is 13.7. The summed E-state index contributed by atoms with van der Waals surface area (Å²) in [5.41, 5.74) is 1.12. The van der Waals surface area contributed by atoms with Crippen molar-refractivity contribution in [3.05, 3.63) is 29.8 Å². The van der Waals surface area contributed by atoms with Crippen molar-refractivity contribution in [3.63, 3.8) is 0 Å². The third-order valence-corrected chi connectivity index (χ3v) is 3.76. The van der Waals surface area contributed by atoms with E-state index in [1.807, 2.05) is 12.1 Å². The van der Waals surface area contributed by atoms with Gasteiger partial charge in [-0.15, -0.1) is 0 Å². The molecule has 0 saturated carbocycles. The normalized spacial score (nSPS) is 14.9. The molecule has 1 rings (SSSR count). The van der Waals surface area contributed by atoms with E-state index in [2.05, 4.69) is 45.1 Å². The highest BCUT2D eigenvalue weighted by Gasteiger charge is 2.23. The predicted molar refractivity (Wildman–Crippen MR) is 84.3 cm³/mol. The van der Waals surface area contributed by atoms with Crippen LogP contribution in [0.1, 0.15) is 52.1 Å². The van der Waals surface area contributed by atoms with E-state index in [9.17, 15) is 0 Å². The quantitative estimate of drug-likeness (QED) is 0.782. The summed E-state index contributed by atoms with van der Waals surface area (Å²) in [7, 11) is 3.49. The molecular formula is C17H29NO2. The van der Waals surface area contributed by atoms with Crippen molar-refractivity contribution in [1.29, 1.82) is 0 Å². The fourth-order valence-corrected chi connectivity index (χ4v) is 2.60. The first-order valence-electron chi connectivity index (χ1n) is 7.37. The van der Waals surface area contributed by atoms with E-state index in [1.165, 1.54) is 5.56 Å². The monoisotopic (exact) mass is 279 g/mol. The maximum absolute atomic E-state index is 5.51. The fraction of sp³-hybridized carbons (Fsp3) is 0.647. The molecular weight excluding hydrogens is 250 g/mol. The number of rotatable bonds is 8. The highest BCUT2D eigenvalue weighted by molar-refractivity contribution is 5.35. The average molecular weight is 279 g/mol. The summed E-state index contributed by atoms with van der Waals surface area (Å²) in [6.45, 7) is 8.64. The van der Waals surface area contributed by atoms with Gasteiger partial charge in [-0.2, -0.15) is 0 Å². The van der Waals surface area contributed by atoms with Gasteiger partial charge in [-0.1, -0.05) is 25.1 Å². The van der Waals surface area contributed by atoms with Gasteiger partial charge in [0.1, 0.15) is 5.75 Å². The lowest BCUT2D eigenvalue weighted by Crippen LogP contribution is -2.37. The van der Waals surface area contributed by atoms with Crippen LogP contribution in [0, 0.1) is 0 Å². The van der Waals surface area contributed by atoms with Gasteiger partial charge in [0, 0.05) is 24.8 Å². The molecule has 0 saturated heterocycles. The maximum Gasteiger partial charge on any atom is 0.123 e. The van der Waals surface area contributed by atoms with Crippen molar-refractivity contribution in [3.8, 4) is 5.75 Å². The summed E-state index contributed by atoms with van der Waals surface area (Å²) in [5.74, 6) is 0.949. The molecule has 0 amide bonds. The Labute approximate surface area is 123 Å². The first-order valence-corrected chi connectivity index (χ1v) is 7.37. The second kappa shape index (κ2) is 7.65. The molecule has 0 fully saturated rings. The van der Waals surface area contributed by atoms with E-state index in [-0.39, 0.29) is 5.60 Å². The molecule has 0 radical (unpaired) electrons. The molecule has 0 aromatic heterocycles. The van der Waals surface area contributed by atoms with Crippen LogP contribution in [0.25, 0.3) is 0 Å². The third-order valence-electron chi connectivity index (χ3n) is 3.76. The lowest BCUT2D eigenvalue weighted by atomic mass is 9.97. The molecule has 3 heteroatoms. The van der Waals surface area contributed by atoms with Crippen LogP contribution in [0.15, 0.2) is 24.3 Å². The molecule has 0 aliphatic rings. The second-order valence-electron chi connectivity index (χ2n) is 5.94.